The molecule has 12 heavy (non-hydrogen) atoms. The third-order valence-electron chi connectivity index (χ3n) is 2.86. The number of hydrogen-bond acceptors (Lipinski definition) is 3. The lowest BCUT2D eigenvalue weighted by Gasteiger charge is -2.36. The van der Waals surface area contributed by atoms with Gasteiger partial charge in [0.1, 0.15) is 0 Å². The Labute approximate surface area is 82.7 Å². The van der Waals surface area contributed by atoms with Crippen molar-refractivity contribution in [1.29, 1.82) is 0 Å². The van der Waals surface area contributed by atoms with Gasteiger partial charge in [0.25, 0.3) is 0 Å². The maximum absolute atomic E-state index is 9.96. The van der Waals surface area contributed by atoms with Gasteiger partial charge in [-0.25, -0.2) is 0 Å². The van der Waals surface area contributed by atoms with Crippen LogP contribution < -0.4 is 0 Å². The highest BCUT2D eigenvalue weighted by molar-refractivity contribution is 8.06. The van der Waals surface area contributed by atoms with Crippen molar-refractivity contribution in [2.45, 2.75) is 30.6 Å². The number of aliphatic hydroxyl groups is 1. The topological polar surface area (TPSA) is 20.2 Å². The van der Waals surface area contributed by atoms with Gasteiger partial charge in [-0.3, -0.25) is 0 Å². The third-order valence-corrected chi connectivity index (χ3v) is 5.73. The van der Waals surface area contributed by atoms with E-state index in [2.05, 4.69) is 0 Å². The van der Waals surface area contributed by atoms with Gasteiger partial charge in [0, 0.05) is 22.5 Å². The fourth-order valence-corrected chi connectivity index (χ4v) is 4.64. The summed E-state index contributed by atoms with van der Waals surface area (Å²) in [7, 11) is 0. The first-order valence-electron chi connectivity index (χ1n) is 4.75. The van der Waals surface area contributed by atoms with Gasteiger partial charge in [-0.15, -0.1) is 0 Å². The van der Waals surface area contributed by atoms with Gasteiger partial charge in [0.05, 0.1) is 6.10 Å². The summed E-state index contributed by atoms with van der Waals surface area (Å²) < 4.78 is 0. The van der Waals surface area contributed by atoms with E-state index in [1.165, 1.54) is 36.5 Å². The Morgan fingerprint density at radius 3 is 2.58 bits per heavy atom. The second-order valence-corrected chi connectivity index (χ2v) is 6.16. The highest BCUT2D eigenvalue weighted by Gasteiger charge is 2.32. The summed E-state index contributed by atoms with van der Waals surface area (Å²) in [5, 5.41) is 10.5. The van der Waals surface area contributed by atoms with Crippen LogP contribution in [0, 0.1) is 5.92 Å². The quantitative estimate of drug-likeness (QED) is 0.743. The van der Waals surface area contributed by atoms with Crippen LogP contribution in [0.5, 0.6) is 0 Å². The molecule has 0 spiro atoms. The van der Waals surface area contributed by atoms with Crippen LogP contribution in [-0.4, -0.2) is 33.7 Å². The minimum atomic E-state index is -0.00319. The fraction of sp³-hybridized carbons (Fsp3) is 1.00. The fourth-order valence-electron chi connectivity index (χ4n) is 1.79. The lowest BCUT2D eigenvalue weighted by molar-refractivity contribution is 0.0649. The van der Waals surface area contributed by atoms with Crippen molar-refractivity contribution in [2.75, 3.05) is 17.3 Å². The van der Waals surface area contributed by atoms with Crippen LogP contribution in [0.15, 0.2) is 0 Å². The summed E-state index contributed by atoms with van der Waals surface area (Å²) in [6.45, 7) is 0. The Kier molecular flexibility index (Phi) is 3.27. The van der Waals surface area contributed by atoms with Crippen molar-refractivity contribution >= 4 is 23.5 Å². The lowest BCUT2D eigenvalue weighted by Crippen LogP contribution is -2.38. The molecule has 1 saturated heterocycles. The number of aliphatic hydroxyl groups excluding tert-OH is 1. The van der Waals surface area contributed by atoms with Crippen molar-refractivity contribution in [2.24, 2.45) is 5.92 Å². The molecule has 1 aliphatic heterocycles. The molecule has 2 unspecified atom stereocenters. The van der Waals surface area contributed by atoms with Crippen LogP contribution in [0.2, 0.25) is 0 Å². The summed E-state index contributed by atoms with van der Waals surface area (Å²) in [5.74, 6) is 4.32. The Bertz CT molecular complexity index is 141. The second kappa shape index (κ2) is 4.25. The van der Waals surface area contributed by atoms with E-state index in [-0.39, 0.29) is 6.10 Å². The monoisotopic (exact) mass is 204 g/mol. The molecule has 0 radical (unpaired) electrons. The molecular formula is C9H16OS2. The summed E-state index contributed by atoms with van der Waals surface area (Å²) in [6, 6.07) is 0. The number of rotatable bonds is 2. The molecule has 1 nitrogen and oxygen atoms in total. The zero-order valence-corrected chi connectivity index (χ0v) is 8.87. The minimum absolute atomic E-state index is 0.00319. The van der Waals surface area contributed by atoms with E-state index in [1.807, 2.05) is 23.5 Å². The standard InChI is InChI=1S/C9H16OS2/c10-9(7-2-1-3-7)8-6-11-4-5-12-8/h7-10H,1-6H2. The van der Waals surface area contributed by atoms with Gasteiger partial charge in [-0.1, -0.05) is 6.42 Å². The smallest absolute Gasteiger partial charge is 0.0694 e. The van der Waals surface area contributed by atoms with Gasteiger partial charge in [-0.05, 0) is 18.8 Å². The van der Waals surface area contributed by atoms with E-state index in [0.717, 1.165) is 0 Å². The van der Waals surface area contributed by atoms with Crippen molar-refractivity contribution in [3.8, 4) is 0 Å². The SMILES string of the molecule is OC(C1CCC1)C1CSCCS1. The highest BCUT2D eigenvalue weighted by atomic mass is 32.2. The van der Waals surface area contributed by atoms with Crippen molar-refractivity contribution in [1.82, 2.24) is 0 Å². The van der Waals surface area contributed by atoms with Gasteiger partial charge in [0.2, 0.25) is 0 Å². The molecule has 3 heteroatoms. The molecule has 0 aromatic rings. The van der Waals surface area contributed by atoms with Crippen LogP contribution in [0.4, 0.5) is 0 Å². The molecule has 0 amide bonds. The van der Waals surface area contributed by atoms with E-state index >= 15 is 0 Å². The molecule has 1 aliphatic carbocycles. The van der Waals surface area contributed by atoms with Gasteiger partial charge in [-0.2, -0.15) is 23.5 Å². The summed E-state index contributed by atoms with van der Waals surface area (Å²) in [4.78, 5) is 0. The Hall–Kier alpha value is 0.660. The second-order valence-electron chi connectivity index (χ2n) is 3.67. The molecule has 1 heterocycles. The average molecular weight is 204 g/mol. The van der Waals surface area contributed by atoms with E-state index in [9.17, 15) is 5.11 Å². The van der Waals surface area contributed by atoms with E-state index in [1.54, 1.807) is 0 Å². The molecule has 2 rings (SSSR count). The van der Waals surface area contributed by atoms with Gasteiger partial charge in [0.15, 0.2) is 0 Å². The molecule has 70 valence electrons. The normalized spacial score (nSPS) is 34.2. The van der Waals surface area contributed by atoms with Crippen LogP contribution in [0.3, 0.4) is 0 Å². The molecule has 2 aliphatic rings. The maximum Gasteiger partial charge on any atom is 0.0694 e. The van der Waals surface area contributed by atoms with E-state index < -0.39 is 0 Å². The van der Waals surface area contributed by atoms with Crippen LogP contribution >= 0.6 is 23.5 Å². The molecule has 1 saturated carbocycles. The number of thioether (sulfide) groups is 2. The summed E-state index contributed by atoms with van der Waals surface area (Å²) in [5.41, 5.74) is 0. The van der Waals surface area contributed by atoms with Crippen molar-refractivity contribution < 1.29 is 5.11 Å². The van der Waals surface area contributed by atoms with Gasteiger partial charge >= 0.3 is 0 Å². The molecule has 2 fully saturated rings. The summed E-state index contributed by atoms with van der Waals surface area (Å²) >= 11 is 3.98. The Balaban J connectivity index is 1.80. The van der Waals surface area contributed by atoms with Crippen LogP contribution in [-0.2, 0) is 0 Å². The van der Waals surface area contributed by atoms with E-state index in [4.69, 9.17) is 0 Å². The van der Waals surface area contributed by atoms with Crippen LogP contribution in [0.1, 0.15) is 19.3 Å². The maximum atomic E-state index is 9.96. The number of hydrogen-bond donors (Lipinski definition) is 1. The Morgan fingerprint density at radius 1 is 1.25 bits per heavy atom. The third kappa shape index (κ3) is 1.94. The molecule has 0 bridgehead atoms. The predicted octanol–water partition coefficient (Wildman–Crippen LogP) is 2.00. The Morgan fingerprint density at radius 2 is 2.08 bits per heavy atom. The average Bonchev–Trinajstić information content (AvgIpc) is 2.03. The highest BCUT2D eigenvalue weighted by Crippen LogP contribution is 2.36. The predicted molar refractivity (Wildman–Crippen MR) is 56.9 cm³/mol. The molecule has 0 aromatic heterocycles. The zero-order chi connectivity index (χ0) is 8.39. The first kappa shape index (κ1) is 9.22. The van der Waals surface area contributed by atoms with Gasteiger partial charge < -0.3 is 5.11 Å². The first-order chi connectivity index (χ1) is 5.88. The molecule has 1 N–H and O–H groups in total. The zero-order valence-electron chi connectivity index (χ0n) is 7.24. The summed E-state index contributed by atoms with van der Waals surface area (Å²) in [6.07, 6.45) is 3.87. The largest absolute Gasteiger partial charge is 0.392 e. The minimum Gasteiger partial charge on any atom is -0.392 e. The first-order valence-corrected chi connectivity index (χ1v) is 6.95. The van der Waals surface area contributed by atoms with E-state index in [0.29, 0.717) is 11.2 Å². The van der Waals surface area contributed by atoms with Crippen molar-refractivity contribution in [3.05, 3.63) is 0 Å². The molecule has 2 atom stereocenters. The van der Waals surface area contributed by atoms with Crippen LogP contribution in [0.25, 0.3) is 0 Å². The van der Waals surface area contributed by atoms with Crippen molar-refractivity contribution in [3.63, 3.8) is 0 Å². The lowest BCUT2D eigenvalue weighted by atomic mass is 9.80. The molecule has 0 aromatic carbocycles. The molecular weight excluding hydrogens is 188 g/mol.